The van der Waals surface area contributed by atoms with Crippen molar-refractivity contribution in [3.8, 4) is 46.3 Å². The Morgan fingerprint density at radius 3 is 2.48 bits per heavy atom. The molecule has 4 bridgehead atoms. The lowest BCUT2D eigenvalue weighted by molar-refractivity contribution is -0.381. The summed E-state index contributed by atoms with van der Waals surface area (Å²) in [5, 5.41) is 99.9. The number of ether oxygens (including phenoxy) is 6. The number of guanidine groups is 1. The third-order valence-electron chi connectivity index (χ3n) is 12.9. The van der Waals surface area contributed by atoms with Gasteiger partial charge < -0.3 is 85.6 Å². The van der Waals surface area contributed by atoms with Gasteiger partial charge in [-0.2, -0.15) is 0 Å². The summed E-state index contributed by atoms with van der Waals surface area (Å²) in [5.41, 5.74) is 0.744. The maximum Gasteiger partial charge on any atom is 0.344 e. The number of fused-ring (bicyclic) bond motifs is 4. The van der Waals surface area contributed by atoms with E-state index in [0.29, 0.717) is 6.42 Å². The van der Waals surface area contributed by atoms with E-state index in [1.807, 2.05) is 44.2 Å². The maximum atomic E-state index is 14.1. The SMILES string of the molecule is CN=C(N)NCOc1cc(C(=O)O)c2c3c1OC1OC4(CCc5c(OC)c(O)c(OCCc6ccccc6)c(O)c5C(=O)OC4O)C(O)C(O)(CC#CC(C3)C(C(O)C(C)C)C(C)N2)C1O. The quantitative estimate of drug-likeness (QED) is 0.0425. The van der Waals surface area contributed by atoms with Gasteiger partial charge in [0.05, 0.1) is 31.1 Å². The third kappa shape index (κ3) is 8.53. The number of hydrogen-bond donors (Lipinski definition) is 11. The number of carbonyl (C=O) groups is 2. The van der Waals surface area contributed by atoms with Gasteiger partial charge in [-0.15, -0.1) is 0 Å². The van der Waals surface area contributed by atoms with Crippen LogP contribution in [-0.4, -0.2) is 134 Å². The van der Waals surface area contributed by atoms with Crippen LogP contribution in [0.1, 0.15) is 71.0 Å². The van der Waals surface area contributed by atoms with Crippen LogP contribution >= 0.6 is 0 Å². The Hall–Kier alpha value is -6.21. The lowest BCUT2D eigenvalue weighted by atomic mass is 9.71. The van der Waals surface area contributed by atoms with Crippen molar-refractivity contribution < 1.29 is 78.9 Å². The lowest BCUT2D eigenvalue weighted by Crippen LogP contribution is -2.75. The fraction of sp³-hybridized carbons (Fsp3) is 0.500. The summed E-state index contributed by atoms with van der Waals surface area (Å²) >= 11 is 0. The number of anilines is 1. The lowest BCUT2D eigenvalue weighted by Gasteiger charge is -2.54. The van der Waals surface area contributed by atoms with E-state index < -0.39 is 114 Å². The summed E-state index contributed by atoms with van der Waals surface area (Å²) in [4.78, 5) is 30.9. The number of methoxy groups -OCH3 is 1. The molecule has 0 amide bonds. The van der Waals surface area contributed by atoms with Crippen molar-refractivity contribution in [2.24, 2.45) is 28.5 Å². The van der Waals surface area contributed by atoms with Gasteiger partial charge in [0.15, 0.2) is 41.3 Å². The van der Waals surface area contributed by atoms with E-state index in [0.717, 1.165) is 11.6 Å². The zero-order valence-corrected chi connectivity index (χ0v) is 37.0. The Bertz CT molecular complexity index is 2420. The van der Waals surface area contributed by atoms with Crippen LogP contribution in [0, 0.1) is 29.6 Å². The van der Waals surface area contributed by atoms with Crippen molar-refractivity contribution in [1.29, 1.82) is 0 Å². The van der Waals surface area contributed by atoms with Crippen LogP contribution in [0.15, 0.2) is 41.4 Å². The van der Waals surface area contributed by atoms with Crippen LogP contribution in [0.25, 0.3) is 0 Å². The number of carboxylic acids is 1. The molecule has 0 radical (unpaired) electrons. The molecule has 1 spiro atoms. The molecule has 4 heterocycles. The number of phenols is 2. The van der Waals surface area contributed by atoms with Crippen LogP contribution in [0.2, 0.25) is 0 Å². The highest BCUT2D eigenvalue weighted by atomic mass is 16.7. The summed E-state index contributed by atoms with van der Waals surface area (Å²) in [5.74, 6) is -1.20. The molecule has 3 aromatic carbocycles. The highest BCUT2D eigenvalue weighted by Gasteiger charge is 2.66. The molecule has 356 valence electrons. The van der Waals surface area contributed by atoms with Crippen molar-refractivity contribution in [2.75, 3.05) is 32.8 Å². The van der Waals surface area contributed by atoms with Gasteiger partial charge in [-0.1, -0.05) is 56.0 Å². The van der Waals surface area contributed by atoms with Gasteiger partial charge in [0.1, 0.15) is 23.4 Å². The van der Waals surface area contributed by atoms with Crippen LogP contribution in [0.3, 0.4) is 0 Å². The topological polar surface area (TPSA) is 314 Å². The van der Waals surface area contributed by atoms with Crippen LogP contribution in [0.4, 0.5) is 5.69 Å². The summed E-state index contributed by atoms with van der Waals surface area (Å²) in [6.07, 6.45) is -11.4. The number of benzene rings is 3. The number of aromatic carboxylic acids is 1. The van der Waals surface area contributed by atoms with Crippen LogP contribution < -0.4 is 35.3 Å². The van der Waals surface area contributed by atoms with E-state index in [4.69, 9.17) is 34.2 Å². The van der Waals surface area contributed by atoms with E-state index in [2.05, 4.69) is 27.5 Å². The second-order valence-corrected chi connectivity index (χ2v) is 17.2. The molecule has 4 aliphatic rings. The number of hydrogen-bond acceptors (Lipinski definition) is 17. The Morgan fingerprint density at radius 2 is 1.82 bits per heavy atom. The molecule has 20 nitrogen and oxygen atoms in total. The number of aliphatic imine (C=N–C) groups is 1. The number of carboxylic acid groups (broad SMARTS) is 1. The number of phenolic OH excluding ortho intramolecular Hbond substituents is 2. The van der Waals surface area contributed by atoms with E-state index in [9.17, 15) is 50.4 Å². The molecule has 0 saturated carbocycles. The van der Waals surface area contributed by atoms with Crippen LogP contribution in [-0.2, 0) is 28.7 Å². The molecule has 10 atom stereocenters. The van der Waals surface area contributed by atoms with Gasteiger partial charge in [0.25, 0.3) is 0 Å². The molecular formula is C46H56N4O16. The summed E-state index contributed by atoms with van der Waals surface area (Å²) in [6.45, 7) is 4.98. The first-order valence-corrected chi connectivity index (χ1v) is 21.5. The molecule has 7 rings (SSSR count). The normalized spacial score (nSPS) is 28.6. The number of aliphatic hydroxyl groups excluding tert-OH is 4. The number of esters is 1. The fourth-order valence-corrected chi connectivity index (χ4v) is 9.33. The highest BCUT2D eigenvalue weighted by Crippen LogP contribution is 2.53. The summed E-state index contributed by atoms with van der Waals surface area (Å²) < 4.78 is 35.7. The zero-order valence-electron chi connectivity index (χ0n) is 37.0. The van der Waals surface area contributed by atoms with Gasteiger partial charge in [-0.05, 0) is 37.7 Å². The number of rotatable bonds is 11. The molecule has 1 saturated heterocycles. The molecule has 10 unspecified atom stereocenters. The van der Waals surface area contributed by atoms with Crippen molar-refractivity contribution in [2.45, 2.75) is 101 Å². The van der Waals surface area contributed by atoms with Crippen LogP contribution in [0.5, 0.6) is 34.5 Å². The molecule has 0 aliphatic carbocycles. The monoisotopic (exact) mass is 920 g/mol. The number of cyclic esters (lactones) is 1. The van der Waals surface area contributed by atoms with Crippen molar-refractivity contribution in [1.82, 2.24) is 5.32 Å². The van der Waals surface area contributed by atoms with E-state index in [-0.39, 0.29) is 71.3 Å². The number of nitrogens with one attached hydrogen (secondary N) is 2. The highest BCUT2D eigenvalue weighted by molar-refractivity contribution is 5.98. The summed E-state index contributed by atoms with van der Waals surface area (Å²) in [7, 11) is 2.62. The largest absolute Gasteiger partial charge is 0.504 e. The van der Waals surface area contributed by atoms with Crippen molar-refractivity contribution >= 4 is 23.6 Å². The van der Waals surface area contributed by atoms with Crippen molar-refractivity contribution in [3.63, 3.8) is 0 Å². The molecule has 12 N–H and O–H groups in total. The van der Waals surface area contributed by atoms with Gasteiger partial charge in [0.2, 0.25) is 24.1 Å². The predicted octanol–water partition coefficient (Wildman–Crippen LogP) is 1.36. The standard InChI is InChI=1S/C46H56N4O16/c1-21(2)32(51)29-22(3)50-31-26-18-24(29)12-9-15-45(60)38(54)41(64-35(26)28(19-27(31)39(55)56)63-20-49-44(47)48-4)66-46(42(45)58)16-13-25-30(40(57)65-43(46)59)33(52)37(34(53)36(25)61-5)62-17-14-23-10-7-6-8-11-23/h6-8,10-11,19,21-22,24,29,32,38,41-43,50-54,58-60H,13-18,20H2,1-5H3,(H,55,56)(H3,47,48,49). The average molecular weight is 921 g/mol. The van der Waals surface area contributed by atoms with E-state index >= 15 is 0 Å². The number of aromatic hydroxyl groups is 2. The van der Waals surface area contributed by atoms with Gasteiger partial charge in [-0.3, -0.25) is 4.99 Å². The minimum atomic E-state index is -2.73. The fourth-order valence-electron chi connectivity index (χ4n) is 9.33. The summed E-state index contributed by atoms with van der Waals surface area (Å²) in [6, 6.07) is 9.78. The minimum Gasteiger partial charge on any atom is -0.504 e. The van der Waals surface area contributed by atoms with Gasteiger partial charge in [0, 0.05) is 55.0 Å². The third-order valence-corrected chi connectivity index (χ3v) is 12.9. The predicted molar refractivity (Wildman–Crippen MR) is 233 cm³/mol. The van der Waals surface area contributed by atoms with E-state index in [1.54, 1.807) is 6.92 Å². The molecular weight excluding hydrogens is 865 g/mol. The van der Waals surface area contributed by atoms with Gasteiger partial charge >= 0.3 is 11.9 Å². The molecule has 20 heteroatoms. The first-order chi connectivity index (χ1) is 31.4. The van der Waals surface area contributed by atoms with E-state index in [1.165, 1.54) is 14.2 Å². The number of aliphatic hydroxyl groups is 5. The number of nitrogens with two attached hydrogens (primary N) is 1. The first kappa shape index (κ1) is 47.7. The molecule has 0 aromatic heterocycles. The zero-order chi connectivity index (χ0) is 47.8. The number of nitrogens with zero attached hydrogens (tertiary/aromatic N) is 1. The smallest absolute Gasteiger partial charge is 0.344 e. The molecule has 1 fully saturated rings. The Kier molecular flexibility index (Phi) is 13.7. The number of carbonyl (C=O) groups excluding carboxylic acids is 1. The van der Waals surface area contributed by atoms with Gasteiger partial charge in [-0.25, -0.2) is 9.59 Å². The Balaban J connectivity index is 1.35. The van der Waals surface area contributed by atoms with Crippen molar-refractivity contribution in [3.05, 3.63) is 64.2 Å². The second-order valence-electron chi connectivity index (χ2n) is 17.2. The minimum absolute atomic E-state index is 0.0283. The second kappa shape index (κ2) is 18.9. The molecule has 3 aromatic rings. The maximum absolute atomic E-state index is 14.1. The Morgan fingerprint density at radius 1 is 1.09 bits per heavy atom. The average Bonchev–Trinajstić information content (AvgIpc) is 3.43. The molecule has 66 heavy (non-hydrogen) atoms. The first-order valence-electron chi connectivity index (χ1n) is 21.5. The Labute approximate surface area is 379 Å². The molecule has 4 aliphatic heterocycles.